The Morgan fingerprint density at radius 3 is 2.40 bits per heavy atom. The van der Waals surface area contributed by atoms with E-state index in [9.17, 15) is 4.79 Å². The van der Waals surface area contributed by atoms with Crippen LogP contribution >= 0.6 is 0 Å². The lowest BCUT2D eigenvalue weighted by Gasteiger charge is -2.24. The number of nitrogens with one attached hydrogen (secondary N) is 2. The van der Waals surface area contributed by atoms with Crippen LogP contribution in [0.3, 0.4) is 0 Å². The fourth-order valence-electron chi connectivity index (χ4n) is 1.01. The Bertz CT molecular complexity index is 190. The monoisotopic (exact) mass is 215 g/mol. The quantitative estimate of drug-likeness (QED) is 0.606. The molecule has 0 saturated carbocycles. The van der Waals surface area contributed by atoms with Gasteiger partial charge in [0.2, 0.25) is 5.91 Å². The van der Waals surface area contributed by atoms with E-state index in [0.29, 0.717) is 6.54 Å². The number of rotatable bonds is 7. The van der Waals surface area contributed by atoms with Crippen LogP contribution in [0.25, 0.3) is 0 Å². The highest BCUT2D eigenvalue weighted by atomic mass is 16.2. The van der Waals surface area contributed by atoms with Gasteiger partial charge in [-0.1, -0.05) is 6.92 Å². The lowest BCUT2D eigenvalue weighted by Crippen LogP contribution is -2.47. The summed E-state index contributed by atoms with van der Waals surface area (Å²) in [6, 6.07) is 0. The number of amides is 1. The molecule has 0 atom stereocenters. The Kier molecular flexibility index (Phi) is 6.52. The average Bonchev–Trinajstić information content (AvgIpc) is 2.11. The predicted octanol–water partition coefficient (Wildman–Crippen LogP) is 0.442. The molecule has 4 nitrogen and oxygen atoms in total. The third kappa shape index (κ3) is 8.39. The Balaban J connectivity index is 3.58. The smallest absolute Gasteiger partial charge is 0.234 e. The molecule has 0 heterocycles. The highest BCUT2D eigenvalue weighted by Crippen LogP contribution is 2.05. The molecule has 0 spiro atoms. The maximum absolute atomic E-state index is 11.5. The van der Waals surface area contributed by atoms with Crippen molar-refractivity contribution in [3.8, 4) is 0 Å². The van der Waals surface area contributed by atoms with Gasteiger partial charge < -0.3 is 15.5 Å². The van der Waals surface area contributed by atoms with E-state index in [-0.39, 0.29) is 11.4 Å². The Labute approximate surface area is 93.4 Å². The van der Waals surface area contributed by atoms with E-state index >= 15 is 0 Å². The first-order valence-corrected chi connectivity index (χ1v) is 5.54. The van der Waals surface area contributed by atoms with Gasteiger partial charge in [0.25, 0.3) is 0 Å². The summed E-state index contributed by atoms with van der Waals surface area (Å²) in [6.45, 7) is 8.32. The van der Waals surface area contributed by atoms with E-state index in [0.717, 1.165) is 19.5 Å². The van der Waals surface area contributed by atoms with Crippen LogP contribution in [-0.2, 0) is 4.79 Å². The first-order chi connectivity index (χ1) is 6.87. The molecule has 0 radical (unpaired) electrons. The van der Waals surface area contributed by atoms with Crippen molar-refractivity contribution >= 4 is 5.91 Å². The summed E-state index contributed by atoms with van der Waals surface area (Å²) < 4.78 is 0. The van der Waals surface area contributed by atoms with Crippen LogP contribution in [0.15, 0.2) is 0 Å². The number of hydrogen-bond donors (Lipinski definition) is 2. The van der Waals surface area contributed by atoms with Gasteiger partial charge >= 0.3 is 0 Å². The van der Waals surface area contributed by atoms with Crippen LogP contribution in [0.4, 0.5) is 0 Å². The first kappa shape index (κ1) is 14.4. The summed E-state index contributed by atoms with van der Waals surface area (Å²) in [4.78, 5) is 13.6. The second-order valence-corrected chi connectivity index (χ2v) is 4.77. The zero-order chi connectivity index (χ0) is 11.9. The van der Waals surface area contributed by atoms with E-state index in [1.54, 1.807) is 0 Å². The number of likely N-dealkylation sites (N-methyl/N-ethyl adjacent to an activating group) is 1. The third-order valence-corrected chi connectivity index (χ3v) is 2.38. The number of hydrogen-bond acceptors (Lipinski definition) is 3. The highest BCUT2D eigenvalue weighted by Gasteiger charge is 2.16. The van der Waals surface area contributed by atoms with Gasteiger partial charge in [0.1, 0.15) is 0 Å². The minimum atomic E-state index is -0.0969. The summed E-state index contributed by atoms with van der Waals surface area (Å²) in [5, 5.41) is 6.09. The summed E-state index contributed by atoms with van der Waals surface area (Å²) in [7, 11) is 4.03. The van der Waals surface area contributed by atoms with Crippen molar-refractivity contribution in [3.63, 3.8) is 0 Å². The minimum Gasteiger partial charge on any atom is -0.350 e. The van der Waals surface area contributed by atoms with E-state index in [1.807, 2.05) is 27.9 Å². The van der Waals surface area contributed by atoms with Gasteiger partial charge in [-0.2, -0.15) is 0 Å². The molecule has 0 saturated heterocycles. The molecule has 0 rings (SSSR count). The lowest BCUT2D eigenvalue weighted by molar-refractivity contribution is -0.121. The van der Waals surface area contributed by atoms with Crippen molar-refractivity contribution in [2.24, 2.45) is 0 Å². The standard InChI is InChI=1S/C11H25N3O/c1-6-11(2,3)13-10(15)9-12-7-8-14(4)5/h12H,6-9H2,1-5H3,(H,13,15). The molecule has 0 bridgehead atoms. The van der Waals surface area contributed by atoms with Crippen LogP contribution in [0, 0.1) is 0 Å². The number of nitrogens with zero attached hydrogens (tertiary/aromatic N) is 1. The van der Waals surface area contributed by atoms with Crippen molar-refractivity contribution in [1.82, 2.24) is 15.5 Å². The maximum atomic E-state index is 11.5. The maximum Gasteiger partial charge on any atom is 0.234 e. The zero-order valence-electron chi connectivity index (χ0n) is 10.7. The van der Waals surface area contributed by atoms with Crippen molar-refractivity contribution in [2.75, 3.05) is 33.7 Å². The molecule has 1 amide bonds. The second-order valence-electron chi connectivity index (χ2n) is 4.77. The predicted molar refractivity (Wildman–Crippen MR) is 63.9 cm³/mol. The summed E-state index contributed by atoms with van der Waals surface area (Å²) >= 11 is 0. The van der Waals surface area contributed by atoms with Gasteiger partial charge in [0, 0.05) is 18.6 Å². The van der Waals surface area contributed by atoms with Crippen LogP contribution in [0.5, 0.6) is 0 Å². The van der Waals surface area contributed by atoms with E-state index in [4.69, 9.17) is 0 Å². The van der Waals surface area contributed by atoms with Crippen LogP contribution < -0.4 is 10.6 Å². The van der Waals surface area contributed by atoms with Crippen molar-refractivity contribution in [2.45, 2.75) is 32.7 Å². The topological polar surface area (TPSA) is 44.4 Å². The van der Waals surface area contributed by atoms with Gasteiger partial charge in [0.15, 0.2) is 0 Å². The van der Waals surface area contributed by atoms with Crippen LogP contribution in [0.2, 0.25) is 0 Å². The Hall–Kier alpha value is -0.610. The summed E-state index contributed by atoms with van der Waals surface area (Å²) in [5.41, 5.74) is -0.0969. The molecule has 90 valence electrons. The van der Waals surface area contributed by atoms with Gasteiger partial charge in [-0.3, -0.25) is 4.79 Å². The normalized spacial score (nSPS) is 11.9. The first-order valence-electron chi connectivity index (χ1n) is 5.54. The average molecular weight is 215 g/mol. The molecule has 0 unspecified atom stereocenters. The molecular formula is C11H25N3O. The second kappa shape index (κ2) is 6.80. The Morgan fingerprint density at radius 1 is 1.33 bits per heavy atom. The summed E-state index contributed by atoms with van der Waals surface area (Å²) in [5.74, 6) is 0.0700. The zero-order valence-corrected chi connectivity index (χ0v) is 10.7. The number of carbonyl (C=O) groups excluding carboxylic acids is 1. The van der Waals surface area contributed by atoms with Crippen molar-refractivity contribution < 1.29 is 4.79 Å². The molecular weight excluding hydrogens is 190 g/mol. The van der Waals surface area contributed by atoms with Gasteiger partial charge in [-0.05, 0) is 34.4 Å². The number of carbonyl (C=O) groups is 1. The molecule has 0 aliphatic heterocycles. The molecule has 0 fully saturated rings. The summed E-state index contributed by atoms with van der Waals surface area (Å²) in [6.07, 6.45) is 0.941. The van der Waals surface area contributed by atoms with Crippen LogP contribution in [0.1, 0.15) is 27.2 Å². The van der Waals surface area contributed by atoms with Crippen LogP contribution in [-0.4, -0.2) is 50.1 Å². The molecule has 0 aliphatic carbocycles. The molecule has 0 aromatic rings. The van der Waals surface area contributed by atoms with Gasteiger partial charge in [-0.25, -0.2) is 0 Å². The molecule has 0 aromatic heterocycles. The fraction of sp³-hybridized carbons (Fsp3) is 0.909. The van der Waals surface area contributed by atoms with Gasteiger partial charge in [0.05, 0.1) is 6.54 Å². The third-order valence-electron chi connectivity index (χ3n) is 2.38. The highest BCUT2D eigenvalue weighted by molar-refractivity contribution is 5.78. The van der Waals surface area contributed by atoms with Gasteiger partial charge in [-0.15, -0.1) is 0 Å². The fourth-order valence-corrected chi connectivity index (χ4v) is 1.01. The lowest BCUT2D eigenvalue weighted by atomic mass is 10.0. The van der Waals surface area contributed by atoms with Crippen molar-refractivity contribution in [3.05, 3.63) is 0 Å². The van der Waals surface area contributed by atoms with Crippen molar-refractivity contribution in [1.29, 1.82) is 0 Å². The molecule has 0 aliphatic rings. The van der Waals surface area contributed by atoms with E-state index in [1.165, 1.54) is 0 Å². The SMILES string of the molecule is CCC(C)(C)NC(=O)CNCCN(C)C. The van der Waals surface area contributed by atoms with E-state index < -0.39 is 0 Å². The minimum absolute atomic E-state index is 0.0700. The molecule has 4 heteroatoms. The van der Waals surface area contributed by atoms with E-state index in [2.05, 4.69) is 22.5 Å². The molecule has 15 heavy (non-hydrogen) atoms. The molecule has 2 N–H and O–H groups in total. The largest absolute Gasteiger partial charge is 0.350 e. The molecule has 0 aromatic carbocycles. The Morgan fingerprint density at radius 2 is 1.93 bits per heavy atom.